The molecule has 0 bridgehead atoms. The lowest BCUT2D eigenvalue weighted by atomic mass is 10.1. The van der Waals surface area contributed by atoms with E-state index in [-0.39, 0.29) is 5.91 Å². The average Bonchev–Trinajstić information content (AvgIpc) is 2.71. The number of amides is 1. The Labute approximate surface area is 172 Å². The van der Waals surface area contributed by atoms with Gasteiger partial charge in [-0.2, -0.15) is 0 Å². The molecule has 7 nitrogen and oxygen atoms in total. The van der Waals surface area contributed by atoms with Gasteiger partial charge >= 0.3 is 0 Å². The van der Waals surface area contributed by atoms with Crippen molar-refractivity contribution < 1.29 is 14.3 Å². The summed E-state index contributed by atoms with van der Waals surface area (Å²) in [6.45, 7) is 6.01. The number of hydrogen-bond acceptors (Lipinski definition) is 4. The molecule has 0 unspecified atom stereocenters. The van der Waals surface area contributed by atoms with Gasteiger partial charge in [0.15, 0.2) is 5.96 Å². The van der Waals surface area contributed by atoms with Crippen LogP contribution in [0, 0.1) is 0 Å². The summed E-state index contributed by atoms with van der Waals surface area (Å²) in [5.74, 6) is 2.23. The minimum atomic E-state index is -0.108. The first-order valence-electron chi connectivity index (χ1n) is 9.77. The molecule has 2 aromatic rings. The van der Waals surface area contributed by atoms with Gasteiger partial charge in [0.1, 0.15) is 18.1 Å². The Morgan fingerprint density at radius 1 is 1.10 bits per heavy atom. The van der Waals surface area contributed by atoms with Crippen LogP contribution in [0.25, 0.3) is 0 Å². The molecule has 0 saturated carbocycles. The van der Waals surface area contributed by atoms with Crippen molar-refractivity contribution in [1.29, 1.82) is 0 Å². The monoisotopic (exact) mass is 398 g/mol. The molecule has 0 aliphatic rings. The molecular weight excluding hydrogens is 368 g/mol. The summed E-state index contributed by atoms with van der Waals surface area (Å²) in [6, 6.07) is 15.3. The van der Waals surface area contributed by atoms with E-state index < -0.39 is 0 Å². The van der Waals surface area contributed by atoms with Crippen molar-refractivity contribution in [3.63, 3.8) is 0 Å². The van der Waals surface area contributed by atoms with Crippen molar-refractivity contribution in [1.82, 2.24) is 10.6 Å². The fourth-order valence-corrected chi connectivity index (χ4v) is 2.74. The molecule has 0 heterocycles. The summed E-state index contributed by atoms with van der Waals surface area (Å²) in [7, 11) is 1.68. The first-order chi connectivity index (χ1) is 14.1. The molecule has 29 heavy (non-hydrogen) atoms. The summed E-state index contributed by atoms with van der Waals surface area (Å²) in [4.78, 5) is 15.8. The molecule has 1 amide bonds. The van der Waals surface area contributed by atoms with Crippen LogP contribution in [0.15, 0.2) is 53.5 Å². The molecule has 0 radical (unpaired) electrons. The Kier molecular flexibility index (Phi) is 9.35. The lowest BCUT2D eigenvalue weighted by Gasteiger charge is -2.13. The van der Waals surface area contributed by atoms with Gasteiger partial charge in [0.2, 0.25) is 5.91 Å². The van der Waals surface area contributed by atoms with Crippen LogP contribution in [0.5, 0.6) is 11.5 Å². The van der Waals surface area contributed by atoms with Crippen molar-refractivity contribution in [3.05, 3.63) is 54.1 Å². The Bertz CT molecular complexity index is 808. The maximum atomic E-state index is 11.1. The van der Waals surface area contributed by atoms with Crippen LogP contribution >= 0.6 is 0 Å². The third kappa shape index (κ3) is 8.13. The van der Waals surface area contributed by atoms with E-state index in [0.717, 1.165) is 30.2 Å². The highest BCUT2D eigenvalue weighted by Crippen LogP contribution is 2.18. The van der Waals surface area contributed by atoms with E-state index >= 15 is 0 Å². The number of para-hydroxylation sites is 1. The third-order valence-corrected chi connectivity index (χ3v) is 4.01. The number of rotatable bonds is 10. The van der Waals surface area contributed by atoms with E-state index in [1.54, 1.807) is 13.2 Å². The van der Waals surface area contributed by atoms with Gasteiger partial charge in [0, 0.05) is 31.8 Å². The molecule has 3 N–H and O–H groups in total. The second kappa shape index (κ2) is 12.3. The minimum absolute atomic E-state index is 0.108. The molecule has 0 aliphatic heterocycles. The van der Waals surface area contributed by atoms with Gasteiger partial charge in [-0.1, -0.05) is 24.3 Å². The maximum Gasteiger partial charge on any atom is 0.221 e. The number of anilines is 1. The third-order valence-electron chi connectivity index (χ3n) is 4.01. The van der Waals surface area contributed by atoms with Crippen LogP contribution in [0.3, 0.4) is 0 Å². The van der Waals surface area contributed by atoms with Gasteiger partial charge in [-0.25, -0.2) is 0 Å². The topological polar surface area (TPSA) is 84.0 Å². The standard InChI is InChI=1S/C22H30N4O3/c1-4-23-22(24-13-12-18-8-5-6-11-21(18)28-3)25-14-15-29-20-10-7-9-19(16-20)26-17(2)27/h5-11,16H,4,12-15H2,1-3H3,(H,26,27)(H2,23,24,25). The van der Waals surface area contributed by atoms with Crippen molar-refractivity contribution >= 4 is 17.6 Å². The summed E-state index contributed by atoms with van der Waals surface area (Å²) in [6.07, 6.45) is 0.799. The SMILES string of the molecule is CCNC(=NCCc1ccccc1OC)NCCOc1cccc(NC(C)=O)c1. The zero-order valence-corrected chi connectivity index (χ0v) is 17.3. The van der Waals surface area contributed by atoms with Gasteiger partial charge in [0.05, 0.1) is 13.7 Å². The normalized spacial score (nSPS) is 10.9. The second-order valence-corrected chi connectivity index (χ2v) is 6.31. The maximum absolute atomic E-state index is 11.1. The molecule has 156 valence electrons. The molecule has 7 heteroatoms. The minimum Gasteiger partial charge on any atom is -0.496 e. The Morgan fingerprint density at radius 2 is 1.93 bits per heavy atom. The van der Waals surface area contributed by atoms with E-state index in [1.807, 2.05) is 43.3 Å². The zero-order chi connectivity index (χ0) is 20.9. The highest BCUT2D eigenvalue weighted by molar-refractivity contribution is 5.88. The molecule has 0 spiro atoms. The van der Waals surface area contributed by atoms with Gasteiger partial charge in [-0.3, -0.25) is 9.79 Å². The number of nitrogens with zero attached hydrogens (tertiary/aromatic N) is 1. The number of ether oxygens (including phenoxy) is 2. The smallest absolute Gasteiger partial charge is 0.221 e. The molecular formula is C22H30N4O3. The second-order valence-electron chi connectivity index (χ2n) is 6.31. The first kappa shape index (κ1) is 22.1. The van der Waals surface area contributed by atoms with E-state index in [4.69, 9.17) is 9.47 Å². The number of hydrogen-bond donors (Lipinski definition) is 3. The number of benzene rings is 2. The lowest BCUT2D eigenvalue weighted by molar-refractivity contribution is -0.114. The van der Waals surface area contributed by atoms with Crippen molar-refractivity contribution in [2.24, 2.45) is 4.99 Å². The molecule has 0 atom stereocenters. The van der Waals surface area contributed by atoms with Gasteiger partial charge in [-0.05, 0) is 37.1 Å². The van der Waals surface area contributed by atoms with Gasteiger partial charge in [0.25, 0.3) is 0 Å². The summed E-state index contributed by atoms with van der Waals surface area (Å²) < 4.78 is 11.1. The summed E-state index contributed by atoms with van der Waals surface area (Å²) in [5, 5.41) is 9.24. The number of nitrogens with one attached hydrogen (secondary N) is 3. The van der Waals surface area contributed by atoms with E-state index in [9.17, 15) is 4.79 Å². The largest absolute Gasteiger partial charge is 0.496 e. The van der Waals surface area contributed by atoms with Crippen LogP contribution in [0.4, 0.5) is 5.69 Å². The fraction of sp³-hybridized carbons (Fsp3) is 0.364. The highest BCUT2D eigenvalue weighted by Gasteiger charge is 2.03. The van der Waals surface area contributed by atoms with Crippen LogP contribution in [-0.4, -0.2) is 45.2 Å². The van der Waals surface area contributed by atoms with Crippen LogP contribution in [0.2, 0.25) is 0 Å². The van der Waals surface area contributed by atoms with Crippen LogP contribution in [0.1, 0.15) is 19.4 Å². The Hall–Kier alpha value is -3.22. The van der Waals surface area contributed by atoms with E-state index in [1.165, 1.54) is 6.92 Å². The number of aliphatic imine (C=N–C) groups is 1. The van der Waals surface area contributed by atoms with Crippen molar-refractivity contribution in [2.45, 2.75) is 20.3 Å². The van der Waals surface area contributed by atoms with Crippen molar-refractivity contribution in [2.75, 3.05) is 38.7 Å². The van der Waals surface area contributed by atoms with Gasteiger partial charge in [-0.15, -0.1) is 0 Å². The first-order valence-corrected chi connectivity index (χ1v) is 9.77. The van der Waals surface area contributed by atoms with Crippen LogP contribution < -0.4 is 25.4 Å². The van der Waals surface area contributed by atoms with Crippen LogP contribution in [-0.2, 0) is 11.2 Å². The zero-order valence-electron chi connectivity index (χ0n) is 17.3. The number of carbonyl (C=O) groups is 1. The van der Waals surface area contributed by atoms with E-state index in [2.05, 4.69) is 27.0 Å². The number of methoxy groups -OCH3 is 1. The Balaban J connectivity index is 1.80. The molecule has 2 rings (SSSR count). The predicted molar refractivity (Wildman–Crippen MR) is 117 cm³/mol. The van der Waals surface area contributed by atoms with Crippen molar-refractivity contribution in [3.8, 4) is 11.5 Å². The Morgan fingerprint density at radius 3 is 2.69 bits per heavy atom. The molecule has 0 saturated heterocycles. The summed E-state index contributed by atoms with van der Waals surface area (Å²) in [5.41, 5.74) is 1.85. The van der Waals surface area contributed by atoms with Gasteiger partial charge < -0.3 is 25.4 Å². The highest BCUT2D eigenvalue weighted by atomic mass is 16.5. The quantitative estimate of drug-likeness (QED) is 0.326. The average molecular weight is 399 g/mol. The fourth-order valence-electron chi connectivity index (χ4n) is 2.74. The number of carbonyl (C=O) groups excluding carboxylic acids is 1. The molecule has 0 aliphatic carbocycles. The molecule has 2 aromatic carbocycles. The number of guanidine groups is 1. The summed E-state index contributed by atoms with van der Waals surface area (Å²) >= 11 is 0. The molecule has 0 fully saturated rings. The van der Waals surface area contributed by atoms with E-state index in [0.29, 0.717) is 31.1 Å². The lowest BCUT2D eigenvalue weighted by Crippen LogP contribution is -2.39. The predicted octanol–water partition coefficient (Wildman–Crippen LogP) is 2.83. The molecule has 0 aromatic heterocycles.